The number of Topliss-reactive ketones (excluding diaryl/α,β-unsaturated/α-hetero) is 1. The minimum Gasteiger partial charge on any atom is -0.507 e. The number of rotatable bonds is 5. The molecule has 1 saturated heterocycles. The van der Waals surface area contributed by atoms with Gasteiger partial charge in [0, 0.05) is 10.4 Å². The Kier molecular flexibility index (Phi) is 5.61. The van der Waals surface area contributed by atoms with Gasteiger partial charge in [0.15, 0.2) is 5.13 Å². The van der Waals surface area contributed by atoms with Crippen LogP contribution in [0.3, 0.4) is 0 Å². The third-order valence-electron chi connectivity index (χ3n) is 5.22. The molecule has 0 radical (unpaired) electrons. The highest BCUT2D eigenvalue weighted by Crippen LogP contribution is 2.43. The number of carbonyl (C=O) groups is 2. The lowest BCUT2D eigenvalue weighted by atomic mass is 9.95. The van der Waals surface area contributed by atoms with Crippen molar-refractivity contribution in [3.05, 3.63) is 81.9 Å². The lowest BCUT2D eigenvalue weighted by molar-refractivity contribution is -0.132. The first-order valence-electron chi connectivity index (χ1n) is 9.95. The summed E-state index contributed by atoms with van der Waals surface area (Å²) in [6, 6.07) is 15.2. The van der Waals surface area contributed by atoms with Crippen molar-refractivity contribution in [1.29, 1.82) is 0 Å². The maximum absolute atomic E-state index is 13.1. The number of thiazole rings is 1. The van der Waals surface area contributed by atoms with Crippen LogP contribution < -0.4 is 9.64 Å². The number of nitrogens with zero attached hydrogens (tertiary/aromatic N) is 2. The van der Waals surface area contributed by atoms with Crippen molar-refractivity contribution in [3.8, 4) is 5.75 Å². The maximum Gasteiger partial charge on any atom is 0.301 e. The molecule has 1 fully saturated rings. The van der Waals surface area contributed by atoms with Crippen molar-refractivity contribution >= 4 is 33.9 Å². The Morgan fingerprint density at radius 2 is 1.77 bits per heavy atom. The molecular formula is C24H22N2O4S. The van der Waals surface area contributed by atoms with Gasteiger partial charge in [-0.05, 0) is 50.6 Å². The minimum atomic E-state index is -0.766. The number of ether oxygens (including phenoxy) is 1. The normalized spacial score (nSPS) is 17.9. The molecule has 2 aromatic carbocycles. The summed E-state index contributed by atoms with van der Waals surface area (Å²) in [6.07, 6.45) is 0. The summed E-state index contributed by atoms with van der Waals surface area (Å²) < 4.78 is 5.45. The second-order valence-corrected chi connectivity index (χ2v) is 8.36. The molecule has 0 spiro atoms. The van der Waals surface area contributed by atoms with Crippen LogP contribution in [0.2, 0.25) is 0 Å². The highest BCUT2D eigenvalue weighted by molar-refractivity contribution is 7.16. The van der Waals surface area contributed by atoms with Crippen LogP contribution in [0.15, 0.2) is 60.2 Å². The summed E-state index contributed by atoms with van der Waals surface area (Å²) in [6.45, 7) is 6.20. The van der Waals surface area contributed by atoms with E-state index in [1.54, 1.807) is 24.3 Å². The highest BCUT2D eigenvalue weighted by Gasteiger charge is 2.48. The number of hydrogen-bond donors (Lipinski definition) is 1. The summed E-state index contributed by atoms with van der Waals surface area (Å²) in [7, 11) is 0. The number of ketones is 1. The van der Waals surface area contributed by atoms with Gasteiger partial charge >= 0.3 is 5.91 Å². The zero-order valence-corrected chi connectivity index (χ0v) is 18.3. The Morgan fingerprint density at radius 3 is 2.35 bits per heavy atom. The van der Waals surface area contributed by atoms with E-state index in [0.29, 0.717) is 23.1 Å². The van der Waals surface area contributed by atoms with Crippen molar-refractivity contribution < 1.29 is 19.4 Å². The number of carbonyl (C=O) groups excluding carboxylic acids is 2. The van der Waals surface area contributed by atoms with E-state index in [-0.39, 0.29) is 11.3 Å². The number of aliphatic hydroxyl groups excluding tert-OH is 1. The van der Waals surface area contributed by atoms with E-state index < -0.39 is 17.7 Å². The molecule has 0 unspecified atom stereocenters. The quantitative estimate of drug-likeness (QED) is 0.355. The summed E-state index contributed by atoms with van der Waals surface area (Å²) in [4.78, 5) is 33.0. The number of amides is 1. The largest absolute Gasteiger partial charge is 0.507 e. The van der Waals surface area contributed by atoms with Crippen molar-refractivity contribution in [2.75, 3.05) is 11.5 Å². The van der Waals surface area contributed by atoms with Gasteiger partial charge in [-0.25, -0.2) is 4.98 Å². The number of hydrogen-bond acceptors (Lipinski definition) is 6. The first-order chi connectivity index (χ1) is 14.9. The van der Waals surface area contributed by atoms with E-state index in [1.807, 2.05) is 51.1 Å². The van der Waals surface area contributed by atoms with Crippen LogP contribution in [-0.4, -0.2) is 28.4 Å². The van der Waals surface area contributed by atoms with Crippen molar-refractivity contribution in [3.63, 3.8) is 0 Å². The lowest BCUT2D eigenvalue weighted by Gasteiger charge is -2.23. The summed E-state index contributed by atoms with van der Waals surface area (Å²) >= 11 is 1.35. The Morgan fingerprint density at radius 1 is 1.10 bits per heavy atom. The second kappa shape index (κ2) is 8.35. The van der Waals surface area contributed by atoms with Crippen LogP contribution in [0, 0.1) is 13.8 Å². The van der Waals surface area contributed by atoms with Gasteiger partial charge < -0.3 is 9.84 Å². The predicted molar refractivity (Wildman–Crippen MR) is 120 cm³/mol. The third-order valence-corrected chi connectivity index (χ3v) is 6.29. The first-order valence-corrected chi connectivity index (χ1v) is 10.8. The van der Waals surface area contributed by atoms with Gasteiger partial charge in [-0.1, -0.05) is 30.3 Å². The topological polar surface area (TPSA) is 79.7 Å². The molecule has 31 heavy (non-hydrogen) atoms. The fourth-order valence-corrected chi connectivity index (χ4v) is 4.51. The fourth-order valence-electron chi connectivity index (χ4n) is 3.57. The minimum absolute atomic E-state index is 0.0471. The van der Waals surface area contributed by atoms with E-state index in [9.17, 15) is 14.7 Å². The Bertz CT molecular complexity index is 1150. The molecule has 158 valence electrons. The smallest absolute Gasteiger partial charge is 0.301 e. The molecule has 1 N–H and O–H groups in total. The van der Waals surface area contributed by atoms with Gasteiger partial charge in [0.2, 0.25) is 0 Å². The molecule has 0 aliphatic carbocycles. The number of anilines is 1. The van der Waals surface area contributed by atoms with Crippen molar-refractivity contribution in [2.24, 2.45) is 0 Å². The van der Waals surface area contributed by atoms with Crippen LogP contribution >= 0.6 is 11.3 Å². The van der Waals surface area contributed by atoms with Gasteiger partial charge in [-0.2, -0.15) is 0 Å². The predicted octanol–water partition coefficient (Wildman–Crippen LogP) is 4.78. The van der Waals surface area contributed by atoms with Crippen LogP contribution in [0.5, 0.6) is 5.75 Å². The molecule has 1 aliphatic rings. The van der Waals surface area contributed by atoms with Gasteiger partial charge in [0.05, 0.1) is 23.9 Å². The second-order valence-electron chi connectivity index (χ2n) is 7.18. The average Bonchev–Trinajstić information content (AvgIpc) is 3.24. The van der Waals surface area contributed by atoms with Crippen LogP contribution in [0.25, 0.3) is 5.76 Å². The molecule has 0 saturated carbocycles. The summed E-state index contributed by atoms with van der Waals surface area (Å²) in [5.41, 5.74) is 2.01. The molecular weight excluding hydrogens is 412 g/mol. The molecule has 0 bridgehead atoms. The number of benzene rings is 2. The lowest BCUT2D eigenvalue weighted by Crippen LogP contribution is -2.29. The van der Waals surface area contributed by atoms with Crippen molar-refractivity contribution in [1.82, 2.24) is 4.98 Å². The molecule has 7 heteroatoms. The summed E-state index contributed by atoms with van der Waals surface area (Å²) in [5, 5.41) is 11.5. The summed E-state index contributed by atoms with van der Waals surface area (Å²) in [5.74, 6) is -0.989. The SMILES string of the molecule is CCOc1ccc(C(O)=C2C(=O)C(=O)N(c3nc(C)c(C)s3)[C@H]2c2ccccc2)cc1. The van der Waals surface area contributed by atoms with E-state index in [4.69, 9.17) is 4.74 Å². The zero-order valence-electron chi connectivity index (χ0n) is 17.5. The standard InChI is InChI=1S/C24H22N2O4S/c1-4-30-18-12-10-17(11-13-18)21(27)19-20(16-8-6-5-7-9-16)26(23(29)22(19)28)24-25-14(2)15(3)31-24/h5-13,20,27H,4H2,1-3H3/t20-/m0/s1. The average molecular weight is 435 g/mol. The van der Waals surface area contributed by atoms with E-state index in [1.165, 1.54) is 16.2 Å². The molecule has 1 aliphatic heterocycles. The molecule has 2 heterocycles. The van der Waals surface area contributed by atoms with Crippen LogP contribution in [-0.2, 0) is 9.59 Å². The third kappa shape index (κ3) is 3.72. The van der Waals surface area contributed by atoms with E-state index in [2.05, 4.69) is 4.98 Å². The van der Waals surface area contributed by atoms with E-state index >= 15 is 0 Å². The molecule has 1 atom stereocenters. The molecule has 6 nitrogen and oxygen atoms in total. The Balaban J connectivity index is 1.88. The molecule has 4 rings (SSSR count). The number of aliphatic hydroxyl groups is 1. The van der Waals surface area contributed by atoms with Crippen LogP contribution in [0.1, 0.15) is 34.7 Å². The van der Waals surface area contributed by atoms with Gasteiger partial charge in [0.1, 0.15) is 11.5 Å². The fraction of sp³-hybridized carbons (Fsp3) is 0.208. The Labute approximate surface area is 184 Å². The zero-order chi connectivity index (χ0) is 22.1. The highest BCUT2D eigenvalue weighted by atomic mass is 32.1. The monoisotopic (exact) mass is 434 g/mol. The molecule has 1 amide bonds. The van der Waals surface area contributed by atoms with Crippen LogP contribution in [0.4, 0.5) is 5.13 Å². The first kappa shape index (κ1) is 20.8. The van der Waals surface area contributed by atoms with Gasteiger partial charge in [0.25, 0.3) is 5.78 Å². The number of aromatic nitrogens is 1. The Hall–Kier alpha value is -3.45. The molecule has 3 aromatic rings. The molecule has 1 aromatic heterocycles. The van der Waals surface area contributed by atoms with E-state index in [0.717, 1.165) is 16.1 Å². The van der Waals surface area contributed by atoms with Gasteiger partial charge in [-0.3, -0.25) is 14.5 Å². The van der Waals surface area contributed by atoms with Gasteiger partial charge in [-0.15, -0.1) is 11.3 Å². The van der Waals surface area contributed by atoms with Crippen molar-refractivity contribution in [2.45, 2.75) is 26.8 Å². The number of aryl methyl sites for hydroxylation is 2. The maximum atomic E-state index is 13.1.